The van der Waals surface area contributed by atoms with Gasteiger partial charge in [0.15, 0.2) is 0 Å². The summed E-state index contributed by atoms with van der Waals surface area (Å²) in [5.41, 5.74) is 0.961. The van der Waals surface area contributed by atoms with Crippen LogP contribution in [0.1, 0.15) is 46.8 Å². The molecular formula is C23H26FN5O3S. The summed E-state index contributed by atoms with van der Waals surface area (Å²) >= 11 is 0. The second kappa shape index (κ2) is 9.70. The zero-order valence-corrected chi connectivity index (χ0v) is 19.2. The predicted molar refractivity (Wildman–Crippen MR) is 122 cm³/mol. The Kier molecular flexibility index (Phi) is 6.73. The van der Waals surface area contributed by atoms with Gasteiger partial charge in [0.25, 0.3) is 15.9 Å². The molecule has 3 aromatic rings. The van der Waals surface area contributed by atoms with E-state index in [1.807, 2.05) is 0 Å². The number of sulfonamides is 1. The topological polar surface area (TPSA) is 106 Å². The molecule has 33 heavy (non-hydrogen) atoms. The number of carbonyl (C=O) groups excluding carboxylic acids is 1. The van der Waals surface area contributed by atoms with Gasteiger partial charge in [0, 0.05) is 37.2 Å². The standard InChI is InChI=1S/C23H26FN5O3S/c1-16-15-19(10-11-20(16)24)33(31,32)28-18-8-6-17(7-9-18)23(30)25-13-12-22-27-26-21-5-3-2-4-14-29(21)22/h6-11,15,28H,2-5,12-14H2,1H3,(H,25,30). The van der Waals surface area contributed by atoms with Crippen molar-refractivity contribution in [2.24, 2.45) is 0 Å². The largest absolute Gasteiger partial charge is 0.352 e. The van der Waals surface area contributed by atoms with Gasteiger partial charge in [-0.25, -0.2) is 12.8 Å². The van der Waals surface area contributed by atoms with E-state index in [0.717, 1.165) is 43.5 Å². The first kappa shape index (κ1) is 22.9. The lowest BCUT2D eigenvalue weighted by Gasteiger charge is -2.10. The SMILES string of the molecule is Cc1cc(S(=O)(=O)Nc2ccc(C(=O)NCCc3nnc4n3CCCCC4)cc2)ccc1F. The normalized spacial score (nSPS) is 13.8. The van der Waals surface area contributed by atoms with E-state index in [-0.39, 0.29) is 16.4 Å². The Hall–Kier alpha value is -3.27. The van der Waals surface area contributed by atoms with Crippen LogP contribution in [-0.2, 0) is 29.4 Å². The summed E-state index contributed by atoms with van der Waals surface area (Å²) < 4.78 is 43.1. The Balaban J connectivity index is 1.33. The molecule has 2 N–H and O–H groups in total. The quantitative estimate of drug-likeness (QED) is 0.550. The number of nitrogens with one attached hydrogen (secondary N) is 2. The van der Waals surface area contributed by atoms with E-state index in [2.05, 4.69) is 24.8 Å². The number of nitrogens with zero attached hydrogens (tertiary/aromatic N) is 3. The van der Waals surface area contributed by atoms with E-state index in [4.69, 9.17) is 0 Å². The van der Waals surface area contributed by atoms with Crippen molar-refractivity contribution >= 4 is 21.6 Å². The van der Waals surface area contributed by atoms with Gasteiger partial charge in [-0.15, -0.1) is 10.2 Å². The number of aromatic nitrogens is 3. The molecule has 0 fully saturated rings. The first-order chi connectivity index (χ1) is 15.8. The number of hydrogen-bond acceptors (Lipinski definition) is 5. The van der Waals surface area contributed by atoms with E-state index in [0.29, 0.717) is 24.2 Å². The zero-order chi connectivity index (χ0) is 23.4. The lowest BCUT2D eigenvalue weighted by molar-refractivity contribution is 0.0954. The number of carbonyl (C=O) groups is 1. The number of amides is 1. The molecule has 0 bridgehead atoms. The Labute approximate surface area is 192 Å². The summed E-state index contributed by atoms with van der Waals surface area (Å²) in [6.07, 6.45) is 4.96. The molecule has 8 nitrogen and oxygen atoms in total. The van der Waals surface area contributed by atoms with Crippen LogP contribution in [0.2, 0.25) is 0 Å². The van der Waals surface area contributed by atoms with E-state index >= 15 is 0 Å². The minimum atomic E-state index is -3.87. The van der Waals surface area contributed by atoms with Crippen LogP contribution in [0.15, 0.2) is 47.4 Å². The second-order valence-electron chi connectivity index (χ2n) is 8.09. The van der Waals surface area contributed by atoms with Gasteiger partial charge < -0.3 is 9.88 Å². The van der Waals surface area contributed by atoms with Gasteiger partial charge in [-0.05, 0) is 67.8 Å². The molecule has 174 valence electrons. The van der Waals surface area contributed by atoms with E-state index < -0.39 is 15.8 Å². The van der Waals surface area contributed by atoms with Crippen LogP contribution in [0.3, 0.4) is 0 Å². The lowest BCUT2D eigenvalue weighted by Crippen LogP contribution is -2.26. The molecular weight excluding hydrogens is 445 g/mol. The summed E-state index contributed by atoms with van der Waals surface area (Å²) in [7, 11) is -3.87. The minimum Gasteiger partial charge on any atom is -0.352 e. The fourth-order valence-corrected chi connectivity index (χ4v) is 4.95. The predicted octanol–water partition coefficient (Wildman–Crippen LogP) is 3.23. The van der Waals surface area contributed by atoms with Crippen molar-refractivity contribution in [1.29, 1.82) is 0 Å². The number of hydrogen-bond donors (Lipinski definition) is 2. The Morgan fingerprint density at radius 2 is 1.88 bits per heavy atom. The summed E-state index contributed by atoms with van der Waals surface area (Å²) in [6.45, 7) is 2.84. The average Bonchev–Trinajstić information content (AvgIpc) is 3.01. The summed E-state index contributed by atoms with van der Waals surface area (Å²) in [5.74, 6) is 1.17. The number of anilines is 1. The monoisotopic (exact) mass is 471 g/mol. The van der Waals surface area contributed by atoms with Gasteiger partial charge in [-0.3, -0.25) is 9.52 Å². The summed E-state index contributed by atoms with van der Waals surface area (Å²) in [4.78, 5) is 12.4. The molecule has 1 aromatic heterocycles. The Bertz CT molecular complexity index is 1260. The number of fused-ring (bicyclic) bond motifs is 1. The summed E-state index contributed by atoms with van der Waals surface area (Å²) in [5, 5.41) is 11.4. The van der Waals surface area contributed by atoms with Gasteiger partial charge in [0.2, 0.25) is 0 Å². The van der Waals surface area contributed by atoms with Gasteiger partial charge in [0.1, 0.15) is 17.5 Å². The highest BCUT2D eigenvalue weighted by Crippen LogP contribution is 2.19. The maximum absolute atomic E-state index is 13.4. The zero-order valence-electron chi connectivity index (χ0n) is 18.3. The van der Waals surface area contributed by atoms with Crippen LogP contribution < -0.4 is 10.0 Å². The molecule has 1 aliphatic heterocycles. The molecule has 2 heterocycles. The molecule has 0 spiro atoms. The van der Waals surface area contributed by atoms with Crippen LogP contribution in [0, 0.1) is 12.7 Å². The van der Waals surface area contributed by atoms with Crippen molar-refractivity contribution in [2.75, 3.05) is 11.3 Å². The first-order valence-electron chi connectivity index (χ1n) is 10.9. The minimum absolute atomic E-state index is 0.0328. The van der Waals surface area contributed by atoms with Crippen LogP contribution >= 0.6 is 0 Å². The molecule has 10 heteroatoms. The maximum atomic E-state index is 13.4. The van der Waals surface area contributed by atoms with Crippen LogP contribution in [0.4, 0.5) is 10.1 Å². The third-order valence-corrected chi connectivity index (χ3v) is 7.04. The van der Waals surface area contributed by atoms with Gasteiger partial charge in [-0.1, -0.05) is 6.42 Å². The third kappa shape index (κ3) is 5.39. The van der Waals surface area contributed by atoms with E-state index in [1.165, 1.54) is 37.6 Å². The highest BCUT2D eigenvalue weighted by atomic mass is 32.2. The Morgan fingerprint density at radius 3 is 2.64 bits per heavy atom. The number of rotatable bonds is 7. The van der Waals surface area contributed by atoms with Crippen molar-refractivity contribution in [3.63, 3.8) is 0 Å². The average molecular weight is 472 g/mol. The molecule has 0 saturated heterocycles. The number of benzene rings is 2. The van der Waals surface area contributed by atoms with Crippen LogP contribution in [-0.4, -0.2) is 35.6 Å². The fraction of sp³-hybridized carbons (Fsp3) is 0.348. The third-order valence-electron chi connectivity index (χ3n) is 5.66. The molecule has 1 aliphatic rings. The van der Waals surface area contributed by atoms with Crippen molar-refractivity contribution in [3.05, 3.63) is 71.1 Å². The van der Waals surface area contributed by atoms with Gasteiger partial charge >= 0.3 is 0 Å². The van der Waals surface area contributed by atoms with Crippen LogP contribution in [0.5, 0.6) is 0 Å². The van der Waals surface area contributed by atoms with Crippen molar-refractivity contribution in [2.45, 2.75) is 50.5 Å². The molecule has 0 aliphatic carbocycles. The Morgan fingerprint density at radius 1 is 1.09 bits per heavy atom. The highest BCUT2D eigenvalue weighted by molar-refractivity contribution is 7.92. The number of halogens is 1. The van der Waals surface area contributed by atoms with Crippen molar-refractivity contribution < 1.29 is 17.6 Å². The second-order valence-corrected chi connectivity index (χ2v) is 9.78. The van der Waals surface area contributed by atoms with Gasteiger partial charge in [-0.2, -0.15) is 0 Å². The molecule has 0 saturated carbocycles. The molecule has 4 rings (SSSR count). The molecule has 2 aromatic carbocycles. The van der Waals surface area contributed by atoms with Crippen molar-refractivity contribution in [3.8, 4) is 0 Å². The number of aryl methyl sites for hydroxylation is 2. The van der Waals surface area contributed by atoms with Crippen molar-refractivity contribution in [1.82, 2.24) is 20.1 Å². The van der Waals surface area contributed by atoms with Gasteiger partial charge in [0.05, 0.1) is 4.90 Å². The molecule has 0 unspecified atom stereocenters. The maximum Gasteiger partial charge on any atom is 0.261 e. The molecule has 0 radical (unpaired) electrons. The van der Waals surface area contributed by atoms with E-state index in [9.17, 15) is 17.6 Å². The lowest BCUT2D eigenvalue weighted by atomic mass is 10.2. The fourth-order valence-electron chi connectivity index (χ4n) is 3.81. The summed E-state index contributed by atoms with van der Waals surface area (Å²) in [6, 6.07) is 9.73. The smallest absolute Gasteiger partial charge is 0.261 e. The molecule has 1 amide bonds. The van der Waals surface area contributed by atoms with E-state index in [1.54, 1.807) is 12.1 Å². The van der Waals surface area contributed by atoms with Crippen LogP contribution in [0.25, 0.3) is 0 Å². The first-order valence-corrected chi connectivity index (χ1v) is 12.4. The molecule has 0 atom stereocenters. The highest BCUT2D eigenvalue weighted by Gasteiger charge is 2.17.